The fourth-order valence-electron chi connectivity index (χ4n) is 1.98. The van der Waals surface area contributed by atoms with E-state index in [-0.39, 0.29) is 11.7 Å². The third-order valence-electron chi connectivity index (χ3n) is 2.96. The first-order chi connectivity index (χ1) is 8.72. The van der Waals surface area contributed by atoms with Gasteiger partial charge in [0.05, 0.1) is 0 Å². The molecule has 0 saturated heterocycles. The van der Waals surface area contributed by atoms with Gasteiger partial charge in [-0.15, -0.1) is 11.6 Å². The number of hydrogen-bond acceptors (Lipinski definition) is 0. The lowest BCUT2D eigenvalue weighted by atomic mass is 9.93. The molecule has 0 amide bonds. The molecule has 0 N–H and O–H groups in total. The van der Waals surface area contributed by atoms with Gasteiger partial charge in [-0.2, -0.15) is 0 Å². The normalized spacial score (nSPS) is 12.4. The van der Waals surface area contributed by atoms with Crippen molar-refractivity contribution in [3.05, 3.63) is 70.5 Å². The molecule has 18 heavy (non-hydrogen) atoms. The highest BCUT2D eigenvalue weighted by atomic mass is 35.5. The van der Waals surface area contributed by atoms with Crippen molar-refractivity contribution in [2.75, 3.05) is 5.88 Å². The average molecular weight is 283 g/mol. The summed E-state index contributed by atoms with van der Waals surface area (Å²) in [6.45, 7) is 0. The maximum absolute atomic E-state index is 13.6. The van der Waals surface area contributed by atoms with Crippen LogP contribution in [0.15, 0.2) is 48.5 Å². The fourth-order valence-corrected chi connectivity index (χ4v) is 2.55. The van der Waals surface area contributed by atoms with Crippen LogP contribution in [0.2, 0.25) is 5.02 Å². The van der Waals surface area contributed by atoms with E-state index in [9.17, 15) is 4.39 Å². The lowest BCUT2D eigenvalue weighted by molar-refractivity contribution is 0.598. The number of hydrogen-bond donors (Lipinski definition) is 0. The van der Waals surface area contributed by atoms with Crippen LogP contribution in [0.3, 0.4) is 0 Å². The van der Waals surface area contributed by atoms with E-state index in [4.69, 9.17) is 23.2 Å². The number of halogens is 3. The van der Waals surface area contributed by atoms with Crippen LogP contribution >= 0.6 is 23.2 Å². The van der Waals surface area contributed by atoms with Crippen molar-refractivity contribution < 1.29 is 4.39 Å². The predicted octanol–water partition coefficient (Wildman–Crippen LogP) is 5.04. The molecular formula is C15H13Cl2F. The maximum Gasteiger partial charge on any atom is 0.126 e. The van der Waals surface area contributed by atoms with Crippen LogP contribution < -0.4 is 0 Å². The Morgan fingerprint density at radius 1 is 1.00 bits per heavy atom. The smallest absolute Gasteiger partial charge is 0.126 e. The fraction of sp³-hybridized carbons (Fsp3) is 0.200. The lowest BCUT2D eigenvalue weighted by Gasteiger charge is -2.16. The van der Waals surface area contributed by atoms with E-state index in [2.05, 4.69) is 0 Å². The van der Waals surface area contributed by atoms with E-state index in [1.165, 1.54) is 6.07 Å². The second-order valence-corrected chi connectivity index (χ2v) is 4.88. The van der Waals surface area contributed by atoms with Gasteiger partial charge in [0, 0.05) is 16.8 Å². The van der Waals surface area contributed by atoms with E-state index in [0.717, 1.165) is 5.56 Å². The predicted molar refractivity (Wildman–Crippen MR) is 75.0 cm³/mol. The SMILES string of the molecule is Fc1ccccc1CC(CCl)c1ccccc1Cl. The minimum atomic E-state index is -0.195. The van der Waals surface area contributed by atoms with Gasteiger partial charge in [-0.05, 0) is 29.7 Å². The van der Waals surface area contributed by atoms with Crippen LogP contribution in [0.5, 0.6) is 0 Å². The molecule has 0 fully saturated rings. The van der Waals surface area contributed by atoms with Crippen LogP contribution in [0.1, 0.15) is 17.0 Å². The highest BCUT2D eigenvalue weighted by Crippen LogP contribution is 2.29. The van der Waals surface area contributed by atoms with Crippen molar-refractivity contribution in [1.82, 2.24) is 0 Å². The Balaban J connectivity index is 2.26. The molecule has 0 spiro atoms. The van der Waals surface area contributed by atoms with E-state index < -0.39 is 0 Å². The van der Waals surface area contributed by atoms with Gasteiger partial charge in [0.1, 0.15) is 5.82 Å². The van der Waals surface area contributed by atoms with Gasteiger partial charge < -0.3 is 0 Å². The number of rotatable bonds is 4. The summed E-state index contributed by atoms with van der Waals surface area (Å²) in [5.74, 6) is 0.245. The van der Waals surface area contributed by atoms with Crippen molar-refractivity contribution >= 4 is 23.2 Å². The molecule has 0 aliphatic carbocycles. The molecule has 2 aromatic rings. The molecule has 2 rings (SSSR count). The summed E-state index contributed by atoms with van der Waals surface area (Å²) in [7, 11) is 0. The van der Waals surface area contributed by atoms with Crippen molar-refractivity contribution in [1.29, 1.82) is 0 Å². The average Bonchev–Trinajstić information content (AvgIpc) is 2.39. The van der Waals surface area contributed by atoms with Crippen LogP contribution in [-0.2, 0) is 6.42 Å². The molecule has 0 aromatic heterocycles. The Bertz CT molecular complexity index is 525. The third kappa shape index (κ3) is 3.04. The van der Waals surface area contributed by atoms with E-state index >= 15 is 0 Å². The molecule has 0 radical (unpaired) electrons. The zero-order valence-electron chi connectivity index (χ0n) is 9.74. The summed E-state index contributed by atoms with van der Waals surface area (Å²) >= 11 is 12.1. The highest BCUT2D eigenvalue weighted by molar-refractivity contribution is 6.31. The first-order valence-corrected chi connectivity index (χ1v) is 6.67. The topological polar surface area (TPSA) is 0 Å². The van der Waals surface area contributed by atoms with E-state index in [1.54, 1.807) is 12.1 Å². The molecule has 3 heteroatoms. The molecule has 0 saturated carbocycles. The van der Waals surface area contributed by atoms with Gasteiger partial charge >= 0.3 is 0 Å². The van der Waals surface area contributed by atoms with Crippen LogP contribution in [-0.4, -0.2) is 5.88 Å². The van der Waals surface area contributed by atoms with Gasteiger partial charge in [-0.3, -0.25) is 0 Å². The van der Waals surface area contributed by atoms with E-state index in [0.29, 0.717) is 22.9 Å². The van der Waals surface area contributed by atoms with Crippen LogP contribution in [0.25, 0.3) is 0 Å². The minimum Gasteiger partial charge on any atom is -0.207 e. The first kappa shape index (κ1) is 13.4. The number of alkyl halides is 1. The quantitative estimate of drug-likeness (QED) is 0.689. The molecule has 2 aromatic carbocycles. The van der Waals surface area contributed by atoms with E-state index in [1.807, 2.05) is 30.3 Å². The zero-order chi connectivity index (χ0) is 13.0. The first-order valence-electron chi connectivity index (χ1n) is 5.76. The standard InChI is InChI=1S/C15H13Cl2F/c16-10-12(13-6-2-3-7-14(13)17)9-11-5-1-4-8-15(11)18/h1-8,12H,9-10H2. The summed E-state index contributed by atoms with van der Waals surface area (Å²) in [4.78, 5) is 0. The van der Waals surface area contributed by atoms with Gasteiger partial charge in [0.25, 0.3) is 0 Å². The van der Waals surface area contributed by atoms with Crippen LogP contribution in [0.4, 0.5) is 4.39 Å². The second-order valence-electron chi connectivity index (χ2n) is 4.17. The molecule has 0 nitrogen and oxygen atoms in total. The largest absolute Gasteiger partial charge is 0.207 e. The Morgan fingerprint density at radius 2 is 1.67 bits per heavy atom. The van der Waals surface area contributed by atoms with Crippen molar-refractivity contribution in [3.63, 3.8) is 0 Å². The summed E-state index contributed by atoms with van der Waals surface area (Å²) < 4.78 is 13.6. The minimum absolute atomic E-state index is 0.0252. The molecule has 0 aliphatic rings. The van der Waals surface area contributed by atoms with Crippen molar-refractivity contribution in [2.45, 2.75) is 12.3 Å². The van der Waals surface area contributed by atoms with Crippen molar-refractivity contribution in [2.24, 2.45) is 0 Å². The monoisotopic (exact) mass is 282 g/mol. The Labute approximate surface area is 116 Å². The molecule has 94 valence electrons. The molecule has 1 atom stereocenters. The molecule has 0 heterocycles. The third-order valence-corrected chi connectivity index (χ3v) is 3.67. The highest BCUT2D eigenvalue weighted by Gasteiger charge is 2.15. The Kier molecular flexibility index (Phi) is 4.62. The van der Waals surface area contributed by atoms with Crippen molar-refractivity contribution in [3.8, 4) is 0 Å². The summed E-state index contributed by atoms with van der Waals surface area (Å²) in [5.41, 5.74) is 1.64. The Morgan fingerprint density at radius 3 is 2.33 bits per heavy atom. The summed E-state index contributed by atoms with van der Waals surface area (Å²) in [5, 5.41) is 0.680. The second kappa shape index (κ2) is 6.21. The Hall–Kier alpha value is -1.05. The van der Waals surface area contributed by atoms with Gasteiger partial charge in [0.15, 0.2) is 0 Å². The van der Waals surface area contributed by atoms with Gasteiger partial charge in [-0.25, -0.2) is 4.39 Å². The lowest BCUT2D eigenvalue weighted by Crippen LogP contribution is -2.06. The summed E-state index contributed by atoms with van der Waals surface area (Å²) in [6, 6.07) is 14.3. The van der Waals surface area contributed by atoms with Crippen LogP contribution in [0, 0.1) is 5.82 Å². The molecular weight excluding hydrogens is 270 g/mol. The molecule has 0 aliphatic heterocycles. The molecule has 0 bridgehead atoms. The van der Waals surface area contributed by atoms with Gasteiger partial charge in [-0.1, -0.05) is 48.0 Å². The molecule has 1 unspecified atom stereocenters. The summed E-state index contributed by atoms with van der Waals surface area (Å²) in [6.07, 6.45) is 0.555. The number of benzene rings is 2. The zero-order valence-corrected chi connectivity index (χ0v) is 11.3. The maximum atomic E-state index is 13.6. The van der Waals surface area contributed by atoms with Gasteiger partial charge in [0.2, 0.25) is 0 Å².